The summed E-state index contributed by atoms with van der Waals surface area (Å²) in [6.07, 6.45) is 1.97. The minimum Gasteiger partial charge on any atom is -0.309 e. The van der Waals surface area contributed by atoms with Gasteiger partial charge in [0.2, 0.25) is 0 Å². The Morgan fingerprint density at radius 1 is 0.800 bits per heavy atom. The van der Waals surface area contributed by atoms with Crippen LogP contribution in [0.5, 0.6) is 0 Å². The van der Waals surface area contributed by atoms with Gasteiger partial charge in [-0.25, -0.2) is 0 Å². The fourth-order valence-corrected chi connectivity index (χ4v) is 1.33. The van der Waals surface area contributed by atoms with Crippen LogP contribution < -0.4 is 0 Å². The molecule has 0 spiro atoms. The van der Waals surface area contributed by atoms with Gasteiger partial charge in [0.15, 0.2) is 0 Å². The average molecular weight is 216 g/mol. The third-order valence-corrected chi connectivity index (χ3v) is 2.16. The largest absolute Gasteiger partial charge is 0.309 e. The lowest BCUT2D eigenvalue weighted by molar-refractivity contribution is 0.247. The van der Waals surface area contributed by atoms with Crippen molar-refractivity contribution in [3.05, 3.63) is 4.91 Å². The van der Waals surface area contributed by atoms with Crippen LogP contribution in [0.3, 0.4) is 0 Å². The molecule has 0 amide bonds. The molecule has 0 aromatic rings. The topological polar surface area (TPSA) is 39.1 Å². The number of nitrogens with zero attached hydrogens (tertiary/aromatic N) is 4. The summed E-state index contributed by atoms with van der Waals surface area (Å²) in [5.41, 5.74) is 0. The molecule has 0 aliphatic rings. The second-order valence-corrected chi connectivity index (χ2v) is 4.35. The Kier molecular flexibility index (Phi) is 8.22. The first kappa shape index (κ1) is 14.3. The molecule has 0 radical (unpaired) electrons. The summed E-state index contributed by atoms with van der Waals surface area (Å²) in [6, 6.07) is 0. The van der Waals surface area contributed by atoms with Gasteiger partial charge >= 0.3 is 0 Å². The first-order valence-electron chi connectivity index (χ1n) is 5.44. The minimum absolute atomic E-state index is 0.759. The molecule has 5 heteroatoms. The standard InChI is InChI=1S/C10H24N4O/c1-12(2)7-5-9-14(11-15)10-6-8-13(3)4/h5-10H2,1-4H3. The van der Waals surface area contributed by atoms with Crippen LogP contribution in [0.2, 0.25) is 0 Å². The highest BCUT2D eigenvalue weighted by atomic mass is 16.3. The zero-order chi connectivity index (χ0) is 11.7. The van der Waals surface area contributed by atoms with Crippen LogP contribution in [0.15, 0.2) is 5.29 Å². The van der Waals surface area contributed by atoms with Crippen molar-refractivity contribution >= 4 is 0 Å². The lowest BCUT2D eigenvalue weighted by Gasteiger charge is -2.17. The highest BCUT2D eigenvalue weighted by molar-refractivity contribution is 4.55. The van der Waals surface area contributed by atoms with Crippen LogP contribution in [-0.4, -0.2) is 69.2 Å². The van der Waals surface area contributed by atoms with Gasteiger partial charge in [0, 0.05) is 13.1 Å². The van der Waals surface area contributed by atoms with E-state index >= 15 is 0 Å². The Labute approximate surface area is 93.0 Å². The summed E-state index contributed by atoms with van der Waals surface area (Å²) in [4.78, 5) is 14.7. The molecule has 0 unspecified atom stereocenters. The quantitative estimate of drug-likeness (QED) is 0.423. The van der Waals surface area contributed by atoms with Crippen LogP contribution in [0.25, 0.3) is 0 Å². The number of rotatable bonds is 9. The van der Waals surface area contributed by atoms with Crippen LogP contribution in [-0.2, 0) is 0 Å². The van der Waals surface area contributed by atoms with E-state index in [-0.39, 0.29) is 0 Å². The van der Waals surface area contributed by atoms with E-state index in [1.165, 1.54) is 0 Å². The van der Waals surface area contributed by atoms with Gasteiger partial charge in [-0.2, -0.15) is 0 Å². The van der Waals surface area contributed by atoms with Gasteiger partial charge in [-0.1, -0.05) is 0 Å². The smallest absolute Gasteiger partial charge is 0.0523 e. The Bertz CT molecular complexity index is 148. The fourth-order valence-electron chi connectivity index (χ4n) is 1.33. The van der Waals surface area contributed by atoms with Gasteiger partial charge in [0.1, 0.15) is 0 Å². The van der Waals surface area contributed by atoms with Crippen LogP contribution in [0.1, 0.15) is 12.8 Å². The van der Waals surface area contributed by atoms with E-state index in [1.807, 2.05) is 28.2 Å². The van der Waals surface area contributed by atoms with Crippen LogP contribution in [0, 0.1) is 4.91 Å². The van der Waals surface area contributed by atoms with Crippen molar-refractivity contribution in [3.8, 4) is 0 Å². The molecule has 0 N–H and O–H groups in total. The zero-order valence-electron chi connectivity index (χ0n) is 10.4. The molecule has 0 aromatic heterocycles. The van der Waals surface area contributed by atoms with Gasteiger partial charge in [-0.05, 0) is 54.1 Å². The Morgan fingerprint density at radius 2 is 1.20 bits per heavy atom. The second-order valence-electron chi connectivity index (χ2n) is 4.35. The van der Waals surface area contributed by atoms with Crippen molar-refractivity contribution in [3.63, 3.8) is 0 Å². The van der Waals surface area contributed by atoms with Gasteiger partial charge in [0.25, 0.3) is 0 Å². The summed E-state index contributed by atoms with van der Waals surface area (Å²) in [5, 5.41) is 4.65. The van der Waals surface area contributed by atoms with E-state index in [2.05, 4.69) is 15.1 Å². The van der Waals surface area contributed by atoms with Gasteiger partial charge in [-0.3, -0.25) is 5.01 Å². The lowest BCUT2D eigenvalue weighted by atomic mass is 10.3. The summed E-state index contributed by atoms with van der Waals surface area (Å²) < 4.78 is 0. The number of nitroso groups, excluding NO2 is 1. The molecular weight excluding hydrogens is 192 g/mol. The minimum atomic E-state index is 0.759. The van der Waals surface area contributed by atoms with E-state index < -0.39 is 0 Å². The maximum Gasteiger partial charge on any atom is 0.0523 e. The van der Waals surface area contributed by atoms with Gasteiger partial charge in [0.05, 0.1) is 5.29 Å². The third-order valence-electron chi connectivity index (χ3n) is 2.16. The second kappa shape index (κ2) is 8.61. The van der Waals surface area contributed by atoms with Crippen molar-refractivity contribution in [1.29, 1.82) is 0 Å². The molecule has 0 aromatic carbocycles. The van der Waals surface area contributed by atoms with Crippen molar-refractivity contribution < 1.29 is 0 Å². The summed E-state index contributed by atoms with van der Waals surface area (Å²) in [5.74, 6) is 0. The summed E-state index contributed by atoms with van der Waals surface area (Å²) in [7, 11) is 8.13. The van der Waals surface area contributed by atoms with E-state index in [1.54, 1.807) is 5.01 Å². The molecule has 90 valence electrons. The lowest BCUT2D eigenvalue weighted by Crippen LogP contribution is -2.25. The van der Waals surface area contributed by atoms with Crippen LogP contribution >= 0.6 is 0 Å². The summed E-state index contributed by atoms with van der Waals surface area (Å²) in [6.45, 7) is 3.52. The first-order chi connectivity index (χ1) is 7.06. The summed E-state index contributed by atoms with van der Waals surface area (Å²) >= 11 is 0. The molecule has 0 bridgehead atoms. The maximum absolute atomic E-state index is 10.5. The molecule has 0 heterocycles. The molecule has 0 aliphatic heterocycles. The van der Waals surface area contributed by atoms with Crippen LogP contribution in [0.4, 0.5) is 0 Å². The van der Waals surface area contributed by atoms with Crippen molar-refractivity contribution in [2.45, 2.75) is 12.8 Å². The van der Waals surface area contributed by atoms with E-state index in [4.69, 9.17) is 0 Å². The normalized spacial score (nSPS) is 11.1. The highest BCUT2D eigenvalue weighted by Crippen LogP contribution is 1.96. The highest BCUT2D eigenvalue weighted by Gasteiger charge is 2.03. The fraction of sp³-hybridized carbons (Fsp3) is 1.00. The Hall–Kier alpha value is -0.680. The molecule has 15 heavy (non-hydrogen) atoms. The van der Waals surface area contributed by atoms with Crippen molar-refractivity contribution in [2.75, 3.05) is 54.4 Å². The molecule has 0 saturated carbocycles. The average Bonchev–Trinajstić information content (AvgIpc) is 2.14. The zero-order valence-corrected chi connectivity index (χ0v) is 10.4. The first-order valence-corrected chi connectivity index (χ1v) is 5.44. The molecule has 0 rings (SSSR count). The molecular formula is C10H24N4O. The number of hydrogen-bond acceptors (Lipinski definition) is 4. The molecule has 0 atom stereocenters. The van der Waals surface area contributed by atoms with E-state index in [9.17, 15) is 4.91 Å². The predicted octanol–water partition coefficient (Wildman–Crippen LogP) is 0.873. The Balaban J connectivity index is 3.50. The predicted molar refractivity (Wildman–Crippen MR) is 63.7 cm³/mol. The van der Waals surface area contributed by atoms with Gasteiger partial charge < -0.3 is 9.80 Å². The molecule has 0 aliphatic carbocycles. The molecule has 5 nitrogen and oxygen atoms in total. The SMILES string of the molecule is CN(C)CCCN(CCCN(C)C)N=O. The van der Waals surface area contributed by atoms with E-state index in [0.717, 1.165) is 39.0 Å². The van der Waals surface area contributed by atoms with Crippen molar-refractivity contribution in [2.24, 2.45) is 5.29 Å². The Morgan fingerprint density at radius 3 is 1.47 bits per heavy atom. The number of hydrogen-bond donors (Lipinski definition) is 0. The monoisotopic (exact) mass is 216 g/mol. The van der Waals surface area contributed by atoms with Gasteiger partial charge in [-0.15, -0.1) is 4.91 Å². The molecule has 0 saturated heterocycles. The maximum atomic E-state index is 10.5. The molecule has 0 fully saturated rings. The van der Waals surface area contributed by atoms with E-state index in [0.29, 0.717) is 0 Å². The van der Waals surface area contributed by atoms with Crippen molar-refractivity contribution in [1.82, 2.24) is 14.8 Å². The third kappa shape index (κ3) is 9.62.